The minimum atomic E-state index is -0.813. The second-order valence-corrected chi connectivity index (χ2v) is 2.95. The first-order chi connectivity index (χ1) is 6.24. The summed E-state index contributed by atoms with van der Waals surface area (Å²) in [4.78, 5) is 21.8. The van der Waals surface area contributed by atoms with Crippen molar-refractivity contribution in [2.24, 2.45) is 0 Å². The Morgan fingerprint density at radius 1 is 1.23 bits per heavy atom. The number of hydrogen-bond acceptors (Lipinski definition) is 3. The Morgan fingerprint density at radius 2 is 1.85 bits per heavy atom. The Balaban J connectivity index is 2.60. The predicted octanol–water partition coefficient (Wildman–Crippen LogP) is 0.480. The molecular formula is C9H8O3Se. The number of para-hydroxylation sites is 1. The number of benzene rings is 1. The standard InChI is InChI=1S/C9H8O3Se/c10-8(6-13)9(11)12-7-4-2-1-3-5-7/h1-5,13H,6H2. The van der Waals surface area contributed by atoms with Crippen LogP contribution in [-0.4, -0.2) is 27.8 Å². The first kappa shape index (κ1) is 9.96. The molecular weight excluding hydrogens is 235 g/mol. The van der Waals surface area contributed by atoms with Gasteiger partial charge in [0.15, 0.2) is 0 Å². The molecule has 0 aliphatic carbocycles. The van der Waals surface area contributed by atoms with Gasteiger partial charge < -0.3 is 0 Å². The second-order valence-electron chi connectivity index (χ2n) is 2.28. The first-order valence-electron chi connectivity index (χ1n) is 3.65. The normalized spacial score (nSPS) is 9.31. The number of rotatable bonds is 3. The van der Waals surface area contributed by atoms with Crippen LogP contribution < -0.4 is 4.74 Å². The molecule has 0 spiro atoms. The van der Waals surface area contributed by atoms with E-state index in [1.165, 1.54) is 0 Å². The van der Waals surface area contributed by atoms with E-state index in [-0.39, 0.29) is 5.32 Å². The van der Waals surface area contributed by atoms with Crippen molar-refractivity contribution in [3.05, 3.63) is 30.3 Å². The summed E-state index contributed by atoms with van der Waals surface area (Å²) < 4.78 is 4.77. The monoisotopic (exact) mass is 244 g/mol. The summed E-state index contributed by atoms with van der Waals surface area (Å²) in [6.07, 6.45) is 0. The molecule has 1 rings (SSSR count). The van der Waals surface area contributed by atoms with Crippen LogP contribution in [0, 0.1) is 0 Å². The van der Waals surface area contributed by atoms with Gasteiger partial charge in [-0.1, -0.05) is 0 Å². The quantitative estimate of drug-likeness (QED) is 0.335. The fourth-order valence-electron chi connectivity index (χ4n) is 0.717. The van der Waals surface area contributed by atoms with Crippen LogP contribution in [0.2, 0.25) is 5.32 Å². The molecule has 0 fully saturated rings. The summed E-state index contributed by atoms with van der Waals surface area (Å²) in [6.45, 7) is 0. The summed E-state index contributed by atoms with van der Waals surface area (Å²) in [5.74, 6) is -0.961. The van der Waals surface area contributed by atoms with Crippen LogP contribution in [0.5, 0.6) is 5.75 Å². The van der Waals surface area contributed by atoms with Crippen molar-refractivity contribution in [3.63, 3.8) is 0 Å². The predicted molar refractivity (Wildman–Crippen MR) is 49.0 cm³/mol. The van der Waals surface area contributed by atoms with E-state index < -0.39 is 11.8 Å². The van der Waals surface area contributed by atoms with Gasteiger partial charge in [0, 0.05) is 0 Å². The number of hydrogen-bond donors (Lipinski definition) is 0. The number of carbonyl (C=O) groups excluding carboxylic acids is 2. The molecule has 1 aromatic rings. The molecule has 3 nitrogen and oxygen atoms in total. The molecule has 0 N–H and O–H groups in total. The van der Waals surface area contributed by atoms with Crippen molar-refractivity contribution in [2.45, 2.75) is 5.32 Å². The van der Waals surface area contributed by atoms with Gasteiger partial charge in [0.05, 0.1) is 0 Å². The van der Waals surface area contributed by atoms with E-state index in [2.05, 4.69) is 0 Å². The third-order valence-electron chi connectivity index (χ3n) is 1.33. The number of ketones is 1. The molecule has 4 heteroatoms. The van der Waals surface area contributed by atoms with Gasteiger partial charge in [-0.15, -0.1) is 0 Å². The third kappa shape index (κ3) is 3.01. The van der Waals surface area contributed by atoms with Crippen LogP contribution in [0.15, 0.2) is 30.3 Å². The van der Waals surface area contributed by atoms with Crippen LogP contribution in [-0.2, 0) is 9.59 Å². The van der Waals surface area contributed by atoms with Crippen molar-refractivity contribution in [1.82, 2.24) is 0 Å². The second kappa shape index (κ2) is 4.80. The average molecular weight is 243 g/mol. The zero-order valence-electron chi connectivity index (χ0n) is 6.77. The molecule has 0 aliphatic rings. The van der Waals surface area contributed by atoms with Gasteiger partial charge in [-0.3, -0.25) is 0 Å². The van der Waals surface area contributed by atoms with Gasteiger partial charge in [0.2, 0.25) is 0 Å². The first-order valence-corrected chi connectivity index (χ1v) is 4.97. The van der Waals surface area contributed by atoms with Crippen LogP contribution in [0.25, 0.3) is 0 Å². The van der Waals surface area contributed by atoms with Crippen molar-refractivity contribution in [1.29, 1.82) is 0 Å². The zero-order valence-corrected chi connectivity index (χ0v) is 8.64. The Kier molecular flexibility index (Phi) is 3.68. The number of Topliss-reactive ketones (excluding diaryl/α,β-unsaturated/α-hetero) is 1. The molecule has 0 amide bonds. The molecule has 0 saturated heterocycles. The van der Waals surface area contributed by atoms with Crippen LogP contribution in [0.1, 0.15) is 0 Å². The van der Waals surface area contributed by atoms with Crippen molar-refractivity contribution >= 4 is 27.8 Å². The average Bonchev–Trinajstić information content (AvgIpc) is 2.18. The molecule has 0 atom stereocenters. The van der Waals surface area contributed by atoms with Gasteiger partial charge in [-0.2, -0.15) is 0 Å². The molecule has 0 bridgehead atoms. The van der Waals surface area contributed by atoms with Crippen LogP contribution in [0.4, 0.5) is 0 Å². The van der Waals surface area contributed by atoms with Gasteiger partial charge in [0.25, 0.3) is 0 Å². The summed E-state index contributed by atoms with van der Waals surface area (Å²) >= 11 is 2.04. The Hall–Kier alpha value is -1.12. The summed E-state index contributed by atoms with van der Waals surface area (Å²) in [7, 11) is 0. The van der Waals surface area contributed by atoms with E-state index in [9.17, 15) is 9.59 Å². The van der Waals surface area contributed by atoms with E-state index >= 15 is 0 Å². The van der Waals surface area contributed by atoms with Gasteiger partial charge in [-0.25, -0.2) is 0 Å². The Labute approximate surface area is 83.9 Å². The van der Waals surface area contributed by atoms with Gasteiger partial charge in [-0.05, 0) is 0 Å². The van der Waals surface area contributed by atoms with E-state index in [1.807, 2.05) is 16.0 Å². The molecule has 68 valence electrons. The number of carbonyl (C=O) groups is 2. The van der Waals surface area contributed by atoms with Gasteiger partial charge in [0.1, 0.15) is 0 Å². The molecule has 0 unspecified atom stereocenters. The van der Waals surface area contributed by atoms with Crippen LogP contribution in [0.3, 0.4) is 0 Å². The van der Waals surface area contributed by atoms with Crippen molar-refractivity contribution in [2.75, 3.05) is 0 Å². The van der Waals surface area contributed by atoms with Gasteiger partial charge >= 0.3 is 83.5 Å². The van der Waals surface area contributed by atoms with Crippen molar-refractivity contribution < 1.29 is 14.3 Å². The Morgan fingerprint density at radius 3 is 2.38 bits per heavy atom. The minimum absolute atomic E-state index is 0.110. The molecule has 13 heavy (non-hydrogen) atoms. The van der Waals surface area contributed by atoms with Crippen molar-refractivity contribution in [3.8, 4) is 5.75 Å². The van der Waals surface area contributed by atoms with Crippen LogP contribution >= 0.6 is 0 Å². The fraction of sp³-hybridized carbons (Fsp3) is 0.111. The maximum atomic E-state index is 11.0. The topological polar surface area (TPSA) is 43.4 Å². The summed E-state index contributed by atoms with van der Waals surface area (Å²) in [6, 6.07) is 8.51. The molecule has 0 heterocycles. The molecule has 0 aliphatic heterocycles. The zero-order chi connectivity index (χ0) is 9.68. The maximum absolute atomic E-state index is 11.0. The molecule has 0 aromatic heterocycles. The van der Waals surface area contributed by atoms with E-state index in [0.29, 0.717) is 5.75 Å². The van der Waals surface area contributed by atoms with E-state index in [1.54, 1.807) is 30.3 Å². The summed E-state index contributed by atoms with van der Waals surface area (Å²) in [5.41, 5.74) is 0. The number of esters is 1. The van der Waals surface area contributed by atoms with E-state index in [0.717, 1.165) is 0 Å². The molecule has 1 aromatic carbocycles. The number of ether oxygens (including phenoxy) is 1. The van der Waals surface area contributed by atoms with E-state index in [4.69, 9.17) is 4.74 Å². The summed E-state index contributed by atoms with van der Waals surface area (Å²) in [5, 5.41) is 0.110. The Bertz CT molecular complexity index is 308. The fourth-order valence-corrected chi connectivity index (χ4v) is 0.988. The molecule has 0 radical (unpaired) electrons. The third-order valence-corrected chi connectivity index (χ3v) is 1.93. The molecule has 0 saturated carbocycles. The SMILES string of the molecule is O=C(C[SeH])C(=O)Oc1ccccc1.